The molecule has 0 aliphatic rings. The van der Waals surface area contributed by atoms with Crippen molar-refractivity contribution in [1.82, 2.24) is 0 Å². The van der Waals surface area contributed by atoms with Gasteiger partial charge in [-0.05, 0) is 62.7 Å². The molecule has 2 atom stereocenters. The number of hydrogen-bond donors (Lipinski definition) is 4. The summed E-state index contributed by atoms with van der Waals surface area (Å²) in [5.74, 6) is -2.04. The van der Waals surface area contributed by atoms with Crippen molar-refractivity contribution in [2.45, 2.75) is 24.9 Å². The Morgan fingerprint density at radius 2 is 1.41 bits per heavy atom. The summed E-state index contributed by atoms with van der Waals surface area (Å²) in [4.78, 5) is 22.3. The third kappa shape index (κ3) is 4.32. The van der Waals surface area contributed by atoms with Crippen molar-refractivity contribution >= 4 is 33.5 Å². The lowest BCUT2D eigenvalue weighted by Gasteiger charge is -2.13. The van der Waals surface area contributed by atoms with Crippen LogP contribution in [0.2, 0.25) is 0 Å². The molecule has 6 nitrogen and oxygen atoms in total. The molecular weight excluding hydrogens is 404 g/mol. The monoisotopic (exact) mass is 428 g/mol. The first-order valence-electron chi connectivity index (χ1n) is 10.3. The van der Waals surface area contributed by atoms with Crippen LogP contribution in [-0.2, 0) is 22.4 Å². The van der Waals surface area contributed by atoms with Gasteiger partial charge in [-0.15, -0.1) is 0 Å². The minimum Gasteiger partial charge on any atom is -0.480 e. The van der Waals surface area contributed by atoms with Crippen LogP contribution in [0.3, 0.4) is 0 Å². The molecule has 4 aromatic carbocycles. The van der Waals surface area contributed by atoms with Crippen LogP contribution < -0.4 is 11.5 Å². The van der Waals surface area contributed by atoms with Gasteiger partial charge in [0.15, 0.2) is 0 Å². The van der Waals surface area contributed by atoms with Gasteiger partial charge in [0.25, 0.3) is 0 Å². The van der Waals surface area contributed by atoms with Gasteiger partial charge in [0, 0.05) is 0 Å². The van der Waals surface area contributed by atoms with E-state index >= 15 is 0 Å². The molecule has 4 aromatic rings. The lowest BCUT2D eigenvalue weighted by molar-refractivity contribution is -0.139. The van der Waals surface area contributed by atoms with Gasteiger partial charge in [0.1, 0.15) is 12.1 Å². The molecule has 0 heterocycles. The summed E-state index contributed by atoms with van der Waals surface area (Å²) in [6.07, 6.45) is 0.511. The van der Waals surface area contributed by atoms with Crippen LogP contribution in [-0.4, -0.2) is 34.2 Å². The topological polar surface area (TPSA) is 127 Å². The molecule has 162 valence electrons. The van der Waals surface area contributed by atoms with Crippen LogP contribution in [0.25, 0.3) is 32.7 Å². The third-order valence-corrected chi connectivity index (χ3v) is 5.76. The minimum atomic E-state index is -1.02. The van der Waals surface area contributed by atoms with Crippen molar-refractivity contribution in [3.05, 3.63) is 83.9 Å². The second kappa shape index (κ2) is 8.78. The maximum Gasteiger partial charge on any atom is 0.320 e. The quantitative estimate of drug-likeness (QED) is 0.356. The number of carboxylic acids is 2. The average Bonchev–Trinajstić information content (AvgIpc) is 2.78. The Morgan fingerprint density at radius 1 is 0.719 bits per heavy atom. The maximum atomic E-state index is 11.2. The number of aliphatic carboxylic acids is 2. The van der Waals surface area contributed by atoms with E-state index in [1.54, 1.807) is 0 Å². The van der Waals surface area contributed by atoms with Crippen LogP contribution in [0.15, 0.2) is 72.8 Å². The molecule has 0 unspecified atom stereocenters. The first-order chi connectivity index (χ1) is 15.3. The molecule has 4 rings (SSSR count). The van der Waals surface area contributed by atoms with Gasteiger partial charge in [-0.1, -0.05) is 66.7 Å². The molecule has 6 heteroatoms. The molecule has 0 bridgehead atoms. The number of rotatable bonds is 7. The van der Waals surface area contributed by atoms with Crippen LogP contribution in [0.5, 0.6) is 0 Å². The van der Waals surface area contributed by atoms with E-state index in [-0.39, 0.29) is 12.8 Å². The van der Waals surface area contributed by atoms with Crippen LogP contribution in [0.4, 0.5) is 0 Å². The molecule has 0 spiro atoms. The van der Waals surface area contributed by atoms with Crippen LogP contribution in [0.1, 0.15) is 11.1 Å². The van der Waals surface area contributed by atoms with Gasteiger partial charge in [0.05, 0.1) is 0 Å². The fourth-order valence-electron chi connectivity index (χ4n) is 4.06. The summed E-state index contributed by atoms with van der Waals surface area (Å²) in [5, 5.41) is 22.3. The van der Waals surface area contributed by atoms with Gasteiger partial charge in [0.2, 0.25) is 0 Å². The van der Waals surface area contributed by atoms with E-state index in [0.29, 0.717) is 0 Å². The fourth-order valence-corrected chi connectivity index (χ4v) is 4.06. The smallest absolute Gasteiger partial charge is 0.320 e. The Balaban J connectivity index is 1.77. The Bertz CT molecular complexity index is 1330. The summed E-state index contributed by atoms with van der Waals surface area (Å²) in [6.45, 7) is 0. The van der Waals surface area contributed by atoms with Crippen molar-refractivity contribution in [3.8, 4) is 11.1 Å². The van der Waals surface area contributed by atoms with Gasteiger partial charge in [-0.3, -0.25) is 9.59 Å². The average molecular weight is 428 g/mol. The molecule has 0 aliphatic heterocycles. The standard InChI is InChI=1S/C26H24N2O4/c27-23(25(29)30)12-15-7-10-21-17(11-15)5-2-6-20(21)19-9-8-16-3-1-4-18(22(16)13-19)14-24(28)26(31)32/h1-11,13,23-24H,12,14,27-28H2,(H,29,30)(H,31,32)/t23-,24-/m1/s1. The Labute approximate surface area is 185 Å². The zero-order valence-corrected chi connectivity index (χ0v) is 17.4. The summed E-state index contributed by atoms with van der Waals surface area (Å²) < 4.78 is 0. The third-order valence-electron chi connectivity index (χ3n) is 5.76. The van der Waals surface area contributed by atoms with Crippen molar-refractivity contribution in [2.24, 2.45) is 11.5 Å². The first kappa shape index (κ1) is 21.5. The highest BCUT2D eigenvalue weighted by Gasteiger charge is 2.15. The molecule has 0 radical (unpaired) electrons. The second-order valence-corrected chi connectivity index (χ2v) is 8.01. The summed E-state index contributed by atoms with van der Waals surface area (Å²) in [5.41, 5.74) is 15.3. The lowest BCUT2D eigenvalue weighted by Crippen LogP contribution is -2.32. The maximum absolute atomic E-state index is 11.2. The molecule has 0 aromatic heterocycles. The fraction of sp³-hybridized carbons (Fsp3) is 0.154. The van der Waals surface area contributed by atoms with Crippen LogP contribution >= 0.6 is 0 Å². The minimum absolute atomic E-state index is 0.249. The molecule has 0 aliphatic carbocycles. The first-order valence-corrected chi connectivity index (χ1v) is 10.3. The SMILES string of the molecule is N[C@H](Cc1ccc2c(-c3ccc4cccc(C[C@@H](N)C(=O)O)c4c3)cccc2c1)C(=O)O. The molecular formula is C26H24N2O4. The van der Waals surface area contributed by atoms with Crippen molar-refractivity contribution in [2.75, 3.05) is 0 Å². The number of fused-ring (bicyclic) bond motifs is 2. The Hall–Kier alpha value is -3.74. The van der Waals surface area contributed by atoms with E-state index < -0.39 is 24.0 Å². The van der Waals surface area contributed by atoms with E-state index in [9.17, 15) is 14.7 Å². The van der Waals surface area contributed by atoms with Gasteiger partial charge in [-0.25, -0.2) is 0 Å². The lowest BCUT2D eigenvalue weighted by atomic mass is 9.92. The van der Waals surface area contributed by atoms with E-state index in [1.165, 1.54) is 0 Å². The predicted octanol–water partition coefficient (Wildman–Crippen LogP) is 3.57. The number of benzene rings is 4. The number of carboxylic acid groups (broad SMARTS) is 2. The zero-order valence-electron chi connectivity index (χ0n) is 17.4. The largest absolute Gasteiger partial charge is 0.480 e. The van der Waals surface area contributed by atoms with Crippen molar-refractivity contribution in [3.63, 3.8) is 0 Å². The summed E-state index contributed by atoms with van der Waals surface area (Å²) in [6, 6.07) is 21.9. The number of nitrogens with two attached hydrogens (primary N) is 2. The highest BCUT2D eigenvalue weighted by molar-refractivity contribution is 6.00. The molecule has 0 saturated carbocycles. The van der Waals surface area contributed by atoms with E-state index in [4.69, 9.17) is 16.6 Å². The molecule has 6 N–H and O–H groups in total. The molecule has 0 fully saturated rings. The second-order valence-electron chi connectivity index (χ2n) is 8.01. The van der Waals surface area contributed by atoms with Crippen molar-refractivity contribution < 1.29 is 19.8 Å². The van der Waals surface area contributed by atoms with Gasteiger partial charge < -0.3 is 21.7 Å². The van der Waals surface area contributed by atoms with Gasteiger partial charge >= 0.3 is 11.9 Å². The van der Waals surface area contributed by atoms with Crippen molar-refractivity contribution in [1.29, 1.82) is 0 Å². The van der Waals surface area contributed by atoms with Gasteiger partial charge in [-0.2, -0.15) is 0 Å². The van der Waals surface area contributed by atoms with E-state index in [2.05, 4.69) is 6.07 Å². The van der Waals surface area contributed by atoms with Crippen LogP contribution in [0, 0.1) is 0 Å². The molecule has 0 saturated heterocycles. The summed E-state index contributed by atoms with van der Waals surface area (Å²) in [7, 11) is 0. The molecule has 32 heavy (non-hydrogen) atoms. The highest BCUT2D eigenvalue weighted by Crippen LogP contribution is 2.32. The Kier molecular flexibility index (Phi) is 5.90. The Morgan fingerprint density at radius 3 is 2.16 bits per heavy atom. The van der Waals surface area contributed by atoms with E-state index in [0.717, 1.165) is 43.8 Å². The summed E-state index contributed by atoms with van der Waals surface area (Å²) >= 11 is 0. The van der Waals surface area contributed by atoms with E-state index in [1.807, 2.05) is 66.7 Å². The highest BCUT2D eigenvalue weighted by atomic mass is 16.4. The number of carbonyl (C=O) groups is 2. The predicted molar refractivity (Wildman–Crippen MR) is 126 cm³/mol. The normalized spacial score (nSPS) is 13.2. The number of hydrogen-bond acceptors (Lipinski definition) is 4. The molecule has 0 amide bonds. The zero-order chi connectivity index (χ0) is 22.8.